The molecule has 1 aromatic carbocycles. The van der Waals surface area contributed by atoms with Crippen LogP contribution in [0.15, 0.2) is 23.1 Å². The molecule has 1 rings (SSSR count). The SMILES string of the molecule is NCCCNS(=O)(=O)c1ccc(F)cc1[N+](=O)[O-]. The van der Waals surface area contributed by atoms with E-state index in [1.807, 2.05) is 0 Å². The van der Waals surface area contributed by atoms with Gasteiger partial charge in [0.15, 0.2) is 4.90 Å². The maximum atomic E-state index is 12.9. The van der Waals surface area contributed by atoms with Gasteiger partial charge in [0.05, 0.1) is 11.0 Å². The smallest absolute Gasteiger partial charge is 0.292 e. The zero-order valence-electron chi connectivity index (χ0n) is 9.30. The van der Waals surface area contributed by atoms with Crippen LogP contribution in [0.2, 0.25) is 0 Å². The minimum Gasteiger partial charge on any atom is -0.330 e. The Bertz CT molecular complexity index is 547. The van der Waals surface area contributed by atoms with E-state index < -0.39 is 31.3 Å². The molecule has 0 aliphatic carbocycles. The molecule has 0 saturated heterocycles. The number of nitrogens with one attached hydrogen (secondary N) is 1. The highest BCUT2D eigenvalue weighted by atomic mass is 32.2. The predicted molar refractivity (Wildman–Crippen MR) is 61.9 cm³/mol. The number of benzene rings is 1. The molecule has 18 heavy (non-hydrogen) atoms. The highest BCUT2D eigenvalue weighted by Gasteiger charge is 2.25. The highest BCUT2D eigenvalue weighted by molar-refractivity contribution is 7.89. The lowest BCUT2D eigenvalue weighted by Gasteiger charge is -2.06. The minimum absolute atomic E-state index is 0.0629. The van der Waals surface area contributed by atoms with Gasteiger partial charge < -0.3 is 5.73 Å². The predicted octanol–water partition coefficient (Wildman–Crippen LogP) is 0.361. The maximum Gasteiger partial charge on any atom is 0.292 e. The van der Waals surface area contributed by atoms with Gasteiger partial charge in [-0.2, -0.15) is 0 Å². The fraction of sp³-hybridized carbons (Fsp3) is 0.333. The first-order chi connectivity index (χ1) is 8.38. The van der Waals surface area contributed by atoms with E-state index in [4.69, 9.17) is 5.73 Å². The van der Waals surface area contributed by atoms with Crippen molar-refractivity contribution in [3.8, 4) is 0 Å². The largest absolute Gasteiger partial charge is 0.330 e. The molecule has 0 saturated carbocycles. The molecule has 1 aromatic rings. The fourth-order valence-electron chi connectivity index (χ4n) is 1.25. The van der Waals surface area contributed by atoms with E-state index in [0.717, 1.165) is 12.1 Å². The summed E-state index contributed by atoms with van der Waals surface area (Å²) < 4.78 is 38.6. The van der Waals surface area contributed by atoms with Crippen molar-refractivity contribution in [3.05, 3.63) is 34.1 Å². The monoisotopic (exact) mass is 277 g/mol. The fourth-order valence-corrected chi connectivity index (χ4v) is 2.47. The molecule has 0 unspecified atom stereocenters. The van der Waals surface area contributed by atoms with Crippen LogP contribution in [0.1, 0.15) is 6.42 Å². The quantitative estimate of drug-likeness (QED) is 0.442. The molecule has 0 amide bonds. The second-order valence-electron chi connectivity index (χ2n) is 3.41. The standard InChI is InChI=1S/C9H12FN3O4S/c10-7-2-3-9(8(6-7)13(14)15)18(16,17)12-5-1-4-11/h2-3,6,12H,1,4-5,11H2. The van der Waals surface area contributed by atoms with Crippen LogP contribution in [-0.2, 0) is 10.0 Å². The third-order valence-electron chi connectivity index (χ3n) is 2.08. The van der Waals surface area contributed by atoms with Crippen molar-refractivity contribution in [2.24, 2.45) is 5.73 Å². The maximum absolute atomic E-state index is 12.9. The van der Waals surface area contributed by atoms with Gasteiger partial charge in [-0.25, -0.2) is 17.5 Å². The van der Waals surface area contributed by atoms with Gasteiger partial charge in [0.1, 0.15) is 5.82 Å². The number of nitro benzene ring substituents is 1. The average Bonchev–Trinajstić information content (AvgIpc) is 2.28. The van der Waals surface area contributed by atoms with Crippen molar-refractivity contribution in [1.82, 2.24) is 4.72 Å². The first kappa shape index (κ1) is 14.5. The van der Waals surface area contributed by atoms with Gasteiger partial charge in [-0.15, -0.1) is 0 Å². The first-order valence-electron chi connectivity index (χ1n) is 5.02. The number of halogens is 1. The van der Waals surface area contributed by atoms with E-state index in [1.165, 1.54) is 0 Å². The van der Waals surface area contributed by atoms with Crippen LogP contribution in [0.4, 0.5) is 10.1 Å². The molecule has 0 aliphatic rings. The molecule has 7 nitrogen and oxygen atoms in total. The van der Waals surface area contributed by atoms with E-state index in [-0.39, 0.29) is 13.1 Å². The van der Waals surface area contributed by atoms with Gasteiger partial charge in [0.2, 0.25) is 10.0 Å². The topological polar surface area (TPSA) is 115 Å². The summed E-state index contributed by atoms with van der Waals surface area (Å²) in [5, 5.41) is 10.7. The Morgan fingerprint density at radius 1 is 1.44 bits per heavy atom. The number of hydrogen-bond acceptors (Lipinski definition) is 5. The van der Waals surface area contributed by atoms with Gasteiger partial charge >= 0.3 is 0 Å². The highest BCUT2D eigenvalue weighted by Crippen LogP contribution is 2.24. The Hall–Kier alpha value is -1.58. The van der Waals surface area contributed by atoms with Crippen molar-refractivity contribution < 1.29 is 17.7 Å². The number of nitrogens with two attached hydrogens (primary N) is 1. The molecule has 0 radical (unpaired) electrons. The summed E-state index contributed by atoms with van der Waals surface area (Å²) in [6.45, 7) is 0.349. The Morgan fingerprint density at radius 3 is 2.67 bits per heavy atom. The van der Waals surface area contributed by atoms with E-state index in [2.05, 4.69) is 4.72 Å². The molecule has 9 heteroatoms. The van der Waals surface area contributed by atoms with Crippen LogP contribution < -0.4 is 10.5 Å². The lowest BCUT2D eigenvalue weighted by atomic mass is 10.3. The van der Waals surface area contributed by atoms with E-state index >= 15 is 0 Å². The van der Waals surface area contributed by atoms with Crippen LogP contribution in [0, 0.1) is 15.9 Å². The van der Waals surface area contributed by atoms with Crippen LogP contribution in [0.5, 0.6) is 0 Å². The summed E-state index contributed by atoms with van der Waals surface area (Å²) in [4.78, 5) is 9.17. The summed E-state index contributed by atoms with van der Waals surface area (Å²) in [5.41, 5.74) is 4.41. The van der Waals surface area contributed by atoms with E-state index in [0.29, 0.717) is 12.5 Å². The molecule has 0 aliphatic heterocycles. The molecular formula is C9H12FN3O4S. The number of hydrogen-bond donors (Lipinski definition) is 2. The molecule has 3 N–H and O–H groups in total. The Morgan fingerprint density at radius 2 is 2.11 bits per heavy atom. The van der Waals surface area contributed by atoms with Gasteiger partial charge in [0, 0.05) is 6.54 Å². The lowest BCUT2D eigenvalue weighted by Crippen LogP contribution is -2.26. The first-order valence-corrected chi connectivity index (χ1v) is 6.50. The molecule has 0 heterocycles. The second kappa shape index (κ2) is 5.85. The van der Waals surface area contributed by atoms with Gasteiger partial charge in [-0.3, -0.25) is 10.1 Å². The van der Waals surface area contributed by atoms with E-state index in [1.54, 1.807) is 0 Å². The second-order valence-corrected chi connectivity index (χ2v) is 5.14. The number of nitro groups is 1. The molecule has 0 aromatic heterocycles. The summed E-state index contributed by atoms with van der Waals surface area (Å²) in [7, 11) is -4.04. The Kier molecular flexibility index (Phi) is 4.70. The lowest BCUT2D eigenvalue weighted by molar-refractivity contribution is -0.388. The zero-order valence-corrected chi connectivity index (χ0v) is 10.1. The number of sulfonamides is 1. The summed E-state index contributed by atoms with van der Waals surface area (Å²) in [6.07, 6.45) is 0.397. The van der Waals surface area contributed by atoms with Crippen molar-refractivity contribution in [1.29, 1.82) is 0 Å². The molecule has 0 spiro atoms. The summed E-state index contributed by atoms with van der Waals surface area (Å²) in [5.74, 6) is -0.873. The van der Waals surface area contributed by atoms with Gasteiger partial charge in [-0.1, -0.05) is 0 Å². The molecule has 100 valence electrons. The van der Waals surface area contributed by atoms with Crippen molar-refractivity contribution in [3.63, 3.8) is 0 Å². The average molecular weight is 277 g/mol. The summed E-state index contributed by atoms with van der Waals surface area (Å²) in [6, 6.07) is 2.28. The van der Waals surface area contributed by atoms with Crippen LogP contribution in [-0.4, -0.2) is 26.4 Å². The molecule has 0 fully saturated rings. The number of nitrogens with zero attached hydrogens (tertiary/aromatic N) is 1. The zero-order chi connectivity index (χ0) is 13.8. The Labute approximate surface area is 103 Å². The Balaban J connectivity index is 3.12. The van der Waals surface area contributed by atoms with E-state index in [9.17, 15) is 22.9 Å². The van der Waals surface area contributed by atoms with Gasteiger partial charge in [0.25, 0.3) is 5.69 Å². The van der Waals surface area contributed by atoms with Crippen molar-refractivity contribution in [2.75, 3.05) is 13.1 Å². The normalized spacial score (nSPS) is 11.4. The van der Waals surface area contributed by atoms with Crippen LogP contribution in [0.3, 0.4) is 0 Å². The minimum atomic E-state index is -4.04. The third-order valence-corrected chi connectivity index (χ3v) is 3.59. The molecule has 0 atom stereocenters. The van der Waals surface area contributed by atoms with Crippen molar-refractivity contribution >= 4 is 15.7 Å². The molecular weight excluding hydrogens is 265 g/mol. The van der Waals surface area contributed by atoms with Crippen LogP contribution >= 0.6 is 0 Å². The van der Waals surface area contributed by atoms with Crippen LogP contribution in [0.25, 0.3) is 0 Å². The number of rotatable bonds is 6. The third kappa shape index (κ3) is 3.45. The van der Waals surface area contributed by atoms with Gasteiger partial charge in [-0.05, 0) is 25.1 Å². The summed E-state index contributed by atoms with van der Waals surface area (Å²) >= 11 is 0. The molecule has 0 bridgehead atoms. The van der Waals surface area contributed by atoms with Crippen molar-refractivity contribution in [2.45, 2.75) is 11.3 Å².